The molecule has 0 aromatic carbocycles. The highest BCUT2D eigenvalue weighted by Crippen LogP contribution is 2.43. The van der Waals surface area contributed by atoms with Gasteiger partial charge in [-0.05, 0) is 16.6 Å². The van der Waals surface area contributed by atoms with Crippen LogP contribution in [0.25, 0.3) is 0 Å². The minimum Gasteiger partial charge on any atom is -0.377 e. The van der Waals surface area contributed by atoms with Gasteiger partial charge in [0.2, 0.25) is 0 Å². The Morgan fingerprint density at radius 1 is 0.789 bits per heavy atom. The molecule has 0 aliphatic carbocycles. The highest BCUT2D eigenvalue weighted by Gasteiger charge is 2.46. The fourth-order valence-corrected chi connectivity index (χ4v) is 26.6. The van der Waals surface area contributed by atoms with Crippen LogP contribution in [-0.2, 0) is 0 Å². The Labute approximate surface area is 134 Å². The summed E-state index contributed by atoms with van der Waals surface area (Å²) in [5, 5.41) is 0. The van der Waals surface area contributed by atoms with E-state index in [0.29, 0.717) is 0 Å². The monoisotopic (exact) mass is 349 g/mol. The van der Waals surface area contributed by atoms with E-state index in [2.05, 4.69) is 45.4 Å². The van der Waals surface area contributed by atoms with Crippen LogP contribution in [0.1, 0.15) is 41.5 Å². The Morgan fingerprint density at radius 3 is 1.32 bits per heavy atom. The molecule has 0 heterocycles. The Hall–Kier alpha value is 1.04. The van der Waals surface area contributed by atoms with Gasteiger partial charge in [-0.1, -0.05) is 65.7 Å². The molecule has 0 aromatic heterocycles. The molecule has 0 unspecified atom stereocenters. The summed E-state index contributed by atoms with van der Waals surface area (Å²) < 4.78 is 3.29. The fraction of sp³-hybridized carbons (Fsp3) is 1.00. The molecule has 1 nitrogen and oxygen atoms in total. The van der Waals surface area contributed by atoms with Gasteiger partial charge in [0.15, 0.2) is 0 Å². The summed E-state index contributed by atoms with van der Waals surface area (Å²) in [4.78, 5) is 0. The van der Waals surface area contributed by atoms with E-state index in [0.717, 1.165) is 16.6 Å². The van der Waals surface area contributed by atoms with Gasteiger partial charge in [0.05, 0.1) is 19.4 Å². The van der Waals surface area contributed by atoms with E-state index in [1.54, 1.807) is 24.2 Å². The first kappa shape index (κ1) is 20.0. The van der Waals surface area contributed by atoms with Gasteiger partial charge in [0, 0.05) is 20.5 Å². The van der Waals surface area contributed by atoms with E-state index in [9.17, 15) is 0 Å². The molecule has 0 amide bonds. The van der Waals surface area contributed by atoms with Gasteiger partial charge in [-0.15, -0.1) is 0 Å². The topological polar surface area (TPSA) is 3.24 Å². The second-order valence-electron chi connectivity index (χ2n) is 7.05. The maximum Gasteiger partial charge on any atom is 0.122 e. The van der Waals surface area contributed by atoms with E-state index in [4.69, 9.17) is 0 Å². The van der Waals surface area contributed by atoms with Crippen LogP contribution in [-0.4, -0.2) is 52.0 Å². The normalized spacial score (nSPS) is 14.8. The number of hydrogen-bond acceptors (Lipinski definition) is 1. The zero-order valence-electron chi connectivity index (χ0n) is 14.9. The van der Waals surface area contributed by atoms with Gasteiger partial charge >= 0.3 is 0 Å². The predicted octanol–water partition coefficient (Wildman–Crippen LogP) is 1.04. The van der Waals surface area contributed by atoms with E-state index >= 15 is 0 Å². The van der Waals surface area contributed by atoms with Gasteiger partial charge in [0.1, 0.15) is 8.24 Å². The summed E-state index contributed by atoms with van der Waals surface area (Å²) in [6.45, 7) is 15.3. The lowest BCUT2D eigenvalue weighted by Gasteiger charge is -2.52. The largest absolute Gasteiger partial charge is 0.377 e. The first-order valence-electron chi connectivity index (χ1n) is 8.60. The minimum absolute atomic E-state index is 0.0794. The van der Waals surface area contributed by atoms with Crippen LogP contribution in [0.2, 0.25) is 40.8 Å². The lowest BCUT2D eigenvalue weighted by Crippen LogP contribution is -2.62. The first-order chi connectivity index (χ1) is 8.85. The van der Waals surface area contributed by atoms with Crippen LogP contribution in [0.15, 0.2) is 0 Å². The molecule has 0 saturated heterocycles. The SMILES string of the molecule is CC(C)[Si](C(C)C)(C(C)C)N([SiH2]CC[SiH3])[SiH2]CC[SiH3]. The Kier molecular flexibility index (Phi) is 10.4. The van der Waals surface area contributed by atoms with Gasteiger partial charge < -0.3 is 3.90 Å². The molecule has 0 fully saturated rings. The number of hydrogen-bond donors (Lipinski definition) is 0. The molecule has 0 N–H and O–H groups in total. The summed E-state index contributed by atoms with van der Waals surface area (Å²) in [6, 6.07) is 6.33. The molecule has 116 valence electrons. The van der Waals surface area contributed by atoms with Gasteiger partial charge in [0.25, 0.3) is 0 Å². The summed E-state index contributed by atoms with van der Waals surface area (Å²) in [5.74, 6) is 0. The predicted molar refractivity (Wildman–Crippen MR) is 109 cm³/mol. The highest BCUT2D eigenvalue weighted by molar-refractivity contribution is 6.91. The standard InChI is InChI=1S/C13H39NSi5/c1-11(2)19(12(3)4,13(5)6)14(17-9-7-15)18-10-8-16/h11-13H,7-10,17-18H2,1-6,15-16H3. The lowest BCUT2D eigenvalue weighted by atomic mass is 10.5. The van der Waals surface area contributed by atoms with Gasteiger partial charge in [-0.25, -0.2) is 0 Å². The molecule has 0 spiro atoms. The van der Waals surface area contributed by atoms with Crippen molar-refractivity contribution in [3.8, 4) is 0 Å². The summed E-state index contributed by atoms with van der Waals surface area (Å²) in [5.41, 5.74) is 2.82. The molecule has 0 radical (unpaired) electrons. The second kappa shape index (κ2) is 9.89. The molecule has 0 saturated carbocycles. The van der Waals surface area contributed by atoms with Crippen molar-refractivity contribution in [3.63, 3.8) is 0 Å². The van der Waals surface area contributed by atoms with Crippen LogP contribution in [0.3, 0.4) is 0 Å². The van der Waals surface area contributed by atoms with Crippen LogP contribution < -0.4 is 0 Å². The number of nitrogens with zero attached hydrogens (tertiary/aromatic N) is 1. The third kappa shape index (κ3) is 5.07. The Bertz CT molecular complexity index is 203. The van der Waals surface area contributed by atoms with Crippen LogP contribution in [0, 0.1) is 0 Å². The number of rotatable bonds is 10. The smallest absolute Gasteiger partial charge is 0.122 e. The zero-order chi connectivity index (χ0) is 15.1. The molecule has 19 heavy (non-hydrogen) atoms. The van der Waals surface area contributed by atoms with Crippen molar-refractivity contribution in [2.24, 2.45) is 0 Å². The molecular formula is C13H39NSi5. The molecule has 0 aliphatic heterocycles. The van der Waals surface area contributed by atoms with E-state index in [-0.39, 0.29) is 19.4 Å². The molecule has 0 aliphatic rings. The highest BCUT2D eigenvalue weighted by atomic mass is 28.4. The summed E-state index contributed by atoms with van der Waals surface area (Å²) in [6.07, 6.45) is 0. The third-order valence-corrected chi connectivity index (χ3v) is 25.4. The Morgan fingerprint density at radius 2 is 1.11 bits per heavy atom. The lowest BCUT2D eigenvalue weighted by molar-refractivity contribution is 0.720. The van der Waals surface area contributed by atoms with Crippen molar-refractivity contribution in [3.05, 3.63) is 0 Å². The van der Waals surface area contributed by atoms with E-state index in [1.165, 1.54) is 20.5 Å². The summed E-state index contributed by atoms with van der Waals surface area (Å²) >= 11 is 0. The van der Waals surface area contributed by atoms with Crippen molar-refractivity contribution in [1.82, 2.24) is 3.90 Å². The molecule has 0 atom stereocenters. The quantitative estimate of drug-likeness (QED) is 0.533. The second-order valence-corrected chi connectivity index (χ2v) is 20.9. The van der Waals surface area contributed by atoms with Crippen LogP contribution in [0.4, 0.5) is 0 Å². The van der Waals surface area contributed by atoms with Crippen molar-refractivity contribution in [2.75, 3.05) is 0 Å². The van der Waals surface area contributed by atoms with E-state index < -0.39 is 8.24 Å². The van der Waals surface area contributed by atoms with Crippen LogP contribution in [0.5, 0.6) is 0 Å². The average Bonchev–Trinajstić information content (AvgIpc) is 2.31. The van der Waals surface area contributed by atoms with Crippen molar-refractivity contribution >= 4 is 48.1 Å². The fourth-order valence-electron chi connectivity index (χ4n) is 4.29. The maximum atomic E-state index is 3.29. The molecule has 0 bridgehead atoms. The minimum atomic E-state index is -1.24. The maximum absolute atomic E-state index is 3.29. The zero-order valence-corrected chi connectivity index (χ0v) is 22.8. The molecular weight excluding hydrogens is 311 g/mol. The molecule has 0 rings (SSSR count). The molecule has 6 heteroatoms. The van der Waals surface area contributed by atoms with E-state index in [1.807, 2.05) is 0 Å². The van der Waals surface area contributed by atoms with Gasteiger partial charge in [-0.3, -0.25) is 0 Å². The summed E-state index contributed by atoms with van der Waals surface area (Å²) in [7, 11) is 1.76. The van der Waals surface area contributed by atoms with Crippen LogP contribution >= 0.6 is 0 Å². The average molecular weight is 350 g/mol. The van der Waals surface area contributed by atoms with Crippen molar-refractivity contribution < 1.29 is 0 Å². The Balaban J connectivity index is 5.31. The first-order valence-corrected chi connectivity index (χ1v) is 16.9. The third-order valence-electron chi connectivity index (χ3n) is 4.89. The molecule has 0 aromatic rings. The van der Waals surface area contributed by atoms with Crippen molar-refractivity contribution in [2.45, 2.75) is 82.3 Å². The van der Waals surface area contributed by atoms with Crippen molar-refractivity contribution in [1.29, 1.82) is 0 Å². The van der Waals surface area contributed by atoms with Gasteiger partial charge in [-0.2, -0.15) is 0 Å².